The van der Waals surface area contributed by atoms with Gasteiger partial charge in [0.1, 0.15) is 5.67 Å². The minimum atomic E-state index is -1.06. The summed E-state index contributed by atoms with van der Waals surface area (Å²) >= 11 is 6.72. The average molecular weight is 308 g/mol. The van der Waals surface area contributed by atoms with Crippen LogP contribution in [-0.4, -0.2) is 0 Å². The molecule has 0 heterocycles. The molecule has 0 unspecified atom stereocenters. The van der Waals surface area contributed by atoms with E-state index in [9.17, 15) is 4.39 Å². The summed E-state index contributed by atoms with van der Waals surface area (Å²) in [7, 11) is 0. The first-order valence-corrected chi connectivity index (χ1v) is 5.84. The van der Waals surface area contributed by atoms with Crippen molar-refractivity contribution in [1.29, 1.82) is 0 Å². The standard InChI is InChI=1S/C10H9Br2F/c11-8-4-7(5-9(12)6-8)10(13)2-1-3-10/h4-6H,1-3H2. The molecule has 1 saturated carbocycles. The second kappa shape index (κ2) is 3.35. The molecule has 0 aliphatic heterocycles. The van der Waals surface area contributed by atoms with Gasteiger partial charge in [-0.1, -0.05) is 31.9 Å². The minimum absolute atomic E-state index is 0.663. The van der Waals surface area contributed by atoms with Gasteiger partial charge in [-0.05, 0) is 43.0 Å². The quantitative estimate of drug-likeness (QED) is 0.713. The molecule has 70 valence electrons. The second-order valence-electron chi connectivity index (χ2n) is 3.48. The lowest BCUT2D eigenvalue weighted by molar-refractivity contribution is 0.0608. The molecular weight excluding hydrogens is 299 g/mol. The van der Waals surface area contributed by atoms with E-state index < -0.39 is 5.67 Å². The van der Waals surface area contributed by atoms with Crippen LogP contribution in [0.5, 0.6) is 0 Å². The van der Waals surface area contributed by atoms with Crippen molar-refractivity contribution in [2.75, 3.05) is 0 Å². The third-order valence-corrected chi connectivity index (χ3v) is 3.44. The largest absolute Gasteiger partial charge is 0.239 e. The molecule has 3 heteroatoms. The van der Waals surface area contributed by atoms with Gasteiger partial charge < -0.3 is 0 Å². The summed E-state index contributed by atoms with van der Waals surface area (Å²) in [5.74, 6) is 0. The van der Waals surface area contributed by atoms with E-state index >= 15 is 0 Å². The van der Waals surface area contributed by atoms with E-state index in [0.717, 1.165) is 20.9 Å². The van der Waals surface area contributed by atoms with Gasteiger partial charge in [0.05, 0.1) is 0 Å². The van der Waals surface area contributed by atoms with Crippen LogP contribution in [0.15, 0.2) is 27.1 Å². The van der Waals surface area contributed by atoms with Crippen molar-refractivity contribution in [3.05, 3.63) is 32.7 Å². The van der Waals surface area contributed by atoms with Crippen LogP contribution >= 0.6 is 31.9 Å². The fourth-order valence-electron chi connectivity index (χ4n) is 1.59. The number of rotatable bonds is 1. The van der Waals surface area contributed by atoms with E-state index in [0.29, 0.717) is 12.8 Å². The van der Waals surface area contributed by atoms with E-state index in [-0.39, 0.29) is 0 Å². The number of hydrogen-bond donors (Lipinski definition) is 0. The van der Waals surface area contributed by atoms with E-state index in [2.05, 4.69) is 31.9 Å². The van der Waals surface area contributed by atoms with E-state index in [1.54, 1.807) is 0 Å². The summed E-state index contributed by atoms with van der Waals surface area (Å²) in [6.45, 7) is 0. The number of benzene rings is 1. The van der Waals surface area contributed by atoms with Crippen molar-refractivity contribution in [3.63, 3.8) is 0 Å². The van der Waals surface area contributed by atoms with Crippen molar-refractivity contribution in [3.8, 4) is 0 Å². The Morgan fingerprint density at radius 3 is 2.00 bits per heavy atom. The molecule has 1 aromatic rings. The van der Waals surface area contributed by atoms with Gasteiger partial charge in [0.25, 0.3) is 0 Å². The highest BCUT2D eigenvalue weighted by Gasteiger charge is 2.38. The molecule has 0 spiro atoms. The smallest absolute Gasteiger partial charge is 0.136 e. The first kappa shape index (κ1) is 9.66. The van der Waals surface area contributed by atoms with Crippen LogP contribution in [-0.2, 0) is 5.67 Å². The Labute approximate surface area is 93.8 Å². The first-order valence-electron chi connectivity index (χ1n) is 4.26. The van der Waals surface area contributed by atoms with Crippen molar-refractivity contribution < 1.29 is 4.39 Å². The monoisotopic (exact) mass is 306 g/mol. The maximum Gasteiger partial charge on any atom is 0.136 e. The van der Waals surface area contributed by atoms with Crippen LogP contribution in [0.2, 0.25) is 0 Å². The number of alkyl halides is 1. The molecule has 0 aromatic heterocycles. The maximum atomic E-state index is 14.0. The lowest BCUT2D eigenvalue weighted by Crippen LogP contribution is -2.28. The molecule has 0 radical (unpaired) electrons. The summed E-state index contributed by atoms with van der Waals surface area (Å²) in [5.41, 5.74) is -0.272. The topological polar surface area (TPSA) is 0 Å². The van der Waals surface area contributed by atoms with Gasteiger partial charge in [-0.25, -0.2) is 4.39 Å². The maximum absolute atomic E-state index is 14.0. The second-order valence-corrected chi connectivity index (χ2v) is 5.31. The van der Waals surface area contributed by atoms with Crippen LogP contribution < -0.4 is 0 Å². The zero-order chi connectivity index (χ0) is 9.47. The average Bonchev–Trinajstić information content (AvgIpc) is 1.98. The van der Waals surface area contributed by atoms with Crippen LogP contribution in [0, 0.1) is 0 Å². The number of halogens is 3. The van der Waals surface area contributed by atoms with Gasteiger partial charge in [0, 0.05) is 8.95 Å². The normalized spacial score (nSPS) is 19.6. The molecule has 1 fully saturated rings. The molecule has 1 aromatic carbocycles. The Kier molecular flexibility index (Phi) is 2.49. The van der Waals surface area contributed by atoms with E-state index in [1.165, 1.54) is 0 Å². The molecule has 0 bridgehead atoms. The zero-order valence-corrected chi connectivity index (χ0v) is 10.2. The summed E-state index contributed by atoms with van der Waals surface area (Å²) < 4.78 is 15.8. The van der Waals surface area contributed by atoms with Crippen molar-refractivity contribution in [1.82, 2.24) is 0 Å². The summed E-state index contributed by atoms with van der Waals surface area (Å²) in [6, 6.07) is 5.65. The van der Waals surface area contributed by atoms with Crippen molar-refractivity contribution in [2.45, 2.75) is 24.9 Å². The van der Waals surface area contributed by atoms with Crippen molar-refractivity contribution in [2.24, 2.45) is 0 Å². The highest BCUT2D eigenvalue weighted by atomic mass is 79.9. The SMILES string of the molecule is FC1(c2cc(Br)cc(Br)c2)CCC1. The minimum Gasteiger partial charge on any atom is -0.239 e. The molecular formula is C10H9Br2F. The first-order chi connectivity index (χ1) is 6.10. The molecule has 0 amide bonds. The van der Waals surface area contributed by atoms with Gasteiger partial charge in [0.2, 0.25) is 0 Å². The van der Waals surface area contributed by atoms with Crippen molar-refractivity contribution >= 4 is 31.9 Å². The van der Waals surface area contributed by atoms with Crippen LogP contribution in [0.4, 0.5) is 4.39 Å². The third kappa shape index (κ3) is 1.82. The Morgan fingerprint density at radius 2 is 1.62 bits per heavy atom. The van der Waals surface area contributed by atoms with E-state index in [4.69, 9.17) is 0 Å². The summed E-state index contributed by atoms with van der Waals surface area (Å²) in [4.78, 5) is 0. The molecule has 1 aliphatic rings. The Morgan fingerprint density at radius 1 is 1.08 bits per heavy atom. The highest BCUT2D eigenvalue weighted by Crippen LogP contribution is 2.46. The van der Waals surface area contributed by atoms with Gasteiger partial charge in [-0.3, -0.25) is 0 Å². The fraction of sp³-hybridized carbons (Fsp3) is 0.400. The van der Waals surface area contributed by atoms with Crippen LogP contribution in [0.1, 0.15) is 24.8 Å². The Balaban J connectivity index is 2.39. The molecule has 13 heavy (non-hydrogen) atoms. The summed E-state index contributed by atoms with van der Waals surface area (Å²) in [5, 5.41) is 0. The van der Waals surface area contributed by atoms with Gasteiger partial charge >= 0.3 is 0 Å². The summed E-state index contributed by atoms with van der Waals surface area (Å²) in [6.07, 6.45) is 2.33. The van der Waals surface area contributed by atoms with Crippen LogP contribution in [0.3, 0.4) is 0 Å². The third-order valence-electron chi connectivity index (χ3n) is 2.53. The predicted molar refractivity (Wildman–Crippen MR) is 58.5 cm³/mol. The van der Waals surface area contributed by atoms with Crippen LogP contribution in [0.25, 0.3) is 0 Å². The van der Waals surface area contributed by atoms with Gasteiger partial charge in [-0.15, -0.1) is 0 Å². The molecule has 0 nitrogen and oxygen atoms in total. The molecule has 0 saturated heterocycles. The number of hydrogen-bond acceptors (Lipinski definition) is 0. The molecule has 2 rings (SSSR count). The van der Waals surface area contributed by atoms with E-state index in [1.807, 2.05) is 18.2 Å². The lowest BCUT2D eigenvalue weighted by Gasteiger charge is -2.34. The molecule has 0 atom stereocenters. The molecule has 1 aliphatic carbocycles. The molecule has 0 N–H and O–H groups in total. The van der Waals surface area contributed by atoms with Gasteiger partial charge in [0.15, 0.2) is 0 Å². The predicted octanol–water partition coefficient (Wildman–Crippen LogP) is 4.56. The Bertz CT molecular complexity index is 311. The zero-order valence-electron chi connectivity index (χ0n) is 6.99. The van der Waals surface area contributed by atoms with Gasteiger partial charge in [-0.2, -0.15) is 0 Å². The lowest BCUT2D eigenvalue weighted by atomic mass is 9.77. The highest BCUT2D eigenvalue weighted by molar-refractivity contribution is 9.11. The Hall–Kier alpha value is 0.110. The fourth-order valence-corrected chi connectivity index (χ4v) is 2.88.